The van der Waals surface area contributed by atoms with Crippen LogP contribution in [0.25, 0.3) is 11.3 Å². The monoisotopic (exact) mass is 600 g/mol. The van der Waals surface area contributed by atoms with Crippen LogP contribution in [0, 0.1) is 25.5 Å². The summed E-state index contributed by atoms with van der Waals surface area (Å²) in [5.74, 6) is -3.16. The maximum absolute atomic E-state index is 14.5. The van der Waals surface area contributed by atoms with E-state index in [2.05, 4.69) is 25.9 Å². The summed E-state index contributed by atoms with van der Waals surface area (Å²) in [4.78, 5) is 43.7. The second-order valence-electron chi connectivity index (χ2n) is 9.97. The number of allylic oxidation sites excluding steroid dienone is 1. The summed E-state index contributed by atoms with van der Waals surface area (Å²) in [6, 6.07) is 6.44. The van der Waals surface area contributed by atoms with Gasteiger partial charge in [-0.05, 0) is 62.1 Å². The number of nitrogens with zero attached hydrogens (tertiary/aromatic N) is 1. The average Bonchev–Trinajstić information content (AvgIpc) is 3.25. The molecule has 0 saturated carbocycles. The van der Waals surface area contributed by atoms with Crippen molar-refractivity contribution in [1.29, 1.82) is 0 Å². The topological polar surface area (TPSA) is 151 Å². The third-order valence-electron chi connectivity index (χ3n) is 6.57. The number of ether oxygens (including phenoxy) is 1. The molecule has 0 aliphatic carbocycles. The zero-order chi connectivity index (χ0) is 30.4. The molecule has 2 heterocycles. The van der Waals surface area contributed by atoms with Gasteiger partial charge in [0.15, 0.2) is 0 Å². The summed E-state index contributed by atoms with van der Waals surface area (Å²) in [6.45, 7) is 4.56. The van der Waals surface area contributed by atoms with Crippen LogP contribution in [0.5, 0.6) is 0 Å². The molecule has 1 aromatic heterocycles. The molecule has 0 unspecified atom stereocenters. The first-order chi connectivity index (χ1) is 20.0. The molecular weight excluding hydrogens is 570 g/mol. The Labute approximate surface area is 246 Å². The first-order valence-electron chi connectivity index (χ1n) is 13.3. The van der Waals surface area contributed by atoms with E-state index in [4.69, 9.17) is 22.1 Å². The van der Waals surface area contributed by atoms with Gasteiger partial charge < -0.3 is 26.1 Å². The van der Waals surface area contributed by atoms with E-state index >= 15 is 0 Å². The summed E-state index contributed by atoms with van der Waals surface area (Å²) < 4.78 is 34.3. The fraction of sp³-hybridized carbons (Fsp3) is 0.310. The molecule has 222 valence electrons. The Hall–Kier alpha value is -4.29. The number of nitrogens with two attached hydrogens (primary N) is 1. The lowest BCUT2D eigenvalue weighted by atomic mass is 10.1. The highest BCUT2D eigenvalue weighted by Gasteiger charge is 2.25. The van der Waals surface area contributed by atoms with Crippen molar-refractivity contribution in [3.63, 3.8) is 0 Å². The maximum Gasteiger partial charge on any atom is 0.411 e. The van der Waals surface area contributed by atoms with Gasteiger partial charge >= 0.3 is 6.09 Å². The standard InChI is InChI=1S/C29H31ClF2N6O4/c1-15-10-20(31)24(21(32)11-15)28(40)36-22(6-4-3-5-7-23(33)39)27-37-25(26(30)38-27)19-9-8-17(12-16(19)2)35-29(41)42-18-13-34-14-18/h3-4,8-12,18,22,34H,5-7,13-14H2,1-2H3,(H2,33,39)(H,35,41)(H,36,40)(H,37,38)/b4-3+/t22-/m0/s1. The van der Waals surface area contributed by atoms with E-state index in [9.17, 15) is 23.2 Å². The van der Waals surface area contributed by atoms with Gasteiger partial charge in [0, 0.05) is 30.8 Å². The number of hydrogen-bond donors (Lipinski definition) is 5. The first-order valence-corrected chi connectivity index (χ1v) is 13.6. The molecule has 10 nitrogen and oxygen atoms in total. The minimum Gasteiger partial charge on any atom is -0.443 e. The number of aryl methyl sites for hydroxylation is 2. The van der Waals surface area contributed by atoms with Gasteiger partial charge in [-0.2, -0.15) is 0 Å². The molecule has 3 amide bonds. The fourth-order valence-corrected chi connectivity index (χ4v) is 4.57. The molecule has 1 saturated heterocycles. The molecule has 0 spiro atoms. The zero-order valence-electron chi connectivity index (χ0n) is 23.0. The quantitative estimate of drug-likeness (QED) is 0.199. The third kappa shape index (κ3) is 7.71. The summed E-state index contributed by atoms with van der Waals surface area (Å²) in [5, 5.41) is 8.52. The van der Waals surface area contributed by atoms with Crippen molar-refractivity contribution >= 4 is 35.2 Å². The molecule has 1 fully saturated rings. The van der Waals surface area contributed by atoms with E-state index in [1.807, 2.05) is 6.92 Å². The van der Waals surface area contributed by atoms with Crippen molar-refractivity contribution in [2.45, 2.75) is 45.3 Å². The number of H-pyrrole nitrogens is 1. The number of carbonyl (C=O) groups excluding carboxylic acids is 3. The van der Waals surface area contributed by atoms with Crippen molar-refractivity contribution < 1.29 is 27.9 Å². The van der Waals surface area contributed by atoms with Crippen LogP contribution < -0.4 is 21.7 Å². The largest absolute Gasteiger partial charge is 0.443 e. The van der Waals surface area contributed by atoms with E-state index < -0.39 is 41.1 Å². The number of aromatic amines is 1. The SMILES string of the molecule is Cc1cc(F)c(C(=O)N[C@@H](C/C=C/CCC(N)=O)c2nc(-c3ccc(NC(=O)OC4CNC4)cc3C)c(Cl)[nH]2)c(F)c1. The lowest BCUT2D eigenvalue weighted by molar-refractivity contribution is -0.117. The summed E-state index contributed by atoms with van der Waals surface area (Å²) in [7, 11) is 0. The number of imidazole rings is 1. The Kier molecular flexibility index (Phi) is 9.92. The van der Waals surface area contributed by atoms with Gasteiger partial charge in [0.2, 0.25) is 5.91 Å². The molecule has 1 atom stereocenters. The highest BCUT2D eigenvalue weighted by molar-refractivity contribution is 6.32. The molecule has 42 heavy (non-hydrogen) atoms. The van der Waals surface area contributed by atoms with E-state index in [1.54, 1.807) is 30.4 Å². The third-order valence-corrected chi connectivity index (χ3v) is 6.84. The minimum absolute atomic E-state index is 0.143. The highest BCUT2D eigenvalue weighted by Crippen LogP contribution is 2.32. The number of rotatable bonds is 11. The zero-order valence-corrected chi connectivity index (χ0v) is 23.8. The number of hydrogen-bond acceptors (Lipinski definition) is 6. The smallest absolute Gasteiger partial charge is 0.411 e. The van der Waals surface area contributed by atoms with E-state index in [1.165, 1.54) is 6.92 Å². The van der Waals surface area contributed by atoms with E-state index in [-0.39, 0.29) is 29.9 Å². The van der Waals surface area contributed by atoms with Crippen molar-refractivity contribution in [3.05, 3.63) is 81.8 Å². The van der Waals surface area contributed by atoms with Crippen LogP contribution >= 0.6 is 11.6 Å². The van der Waals surface area contributed by atoms with Crippen LogP contribution in [0.1, 0.15) is 52.6 Å². The van der Waals surface area contributed by atoms with Crippen molar-refractivity contribution in [2.75, 3.05) is 18.4 Å². The Morgan fingerprint density at radius 3 is 2.50 bits per heavy atom. The molecule has 6 N–H and O–H groups in total. The highest BCUT2D eigenvalue weighted by atomic mass is 35.5. The minimum atomic E-state index is -0.989. The fourth-order valence-electron chi connectivity index (χ4n) is 4.33. The van der Waals surface area contributed by atoms with E-state index in [0.717, 1.165) is 17.7 Å². The van der Waals surface area contributed by atoms with Crippen LogP contribution in [-0.4, -0.2) is 47.1 Å². The number of carbonyl (C=O) groups is 3. The Balaban J connectivity index is 1.56. The lowest BCUT2D eigenvalue weighted by Crippen LogP contribution is -2.49. The van der Waals surface area contributed by atoms with Gasteiger partial charge in [-0.3, -0.25) is 14.9 Å². The van der Waals surface area contributed by atoms with Crippen LogP contribution in [0.3, 0.4) is 0 Å². The van der Waals surface area contributed by atoms with Gasteiger partial charge in [-0.1, -0.05) is 29.8 Å². The number of primary amides is 1. The normalized spacial score (nSPS) is 13.9. The van der Waals surface area contributed by atoms with Gasteiger partial charge in [0.05, 0.1) is 6.04 Å². The molecule has 3 aromatic rings. The van der Waals surface area contributed by atoms with Crippen molar-refractivity contribution in [1.82, 2.24) is 20.6 Å². The first kappa shape index (κ1) is 30.7. The van der Waals surface area contributed by atoms with Crippen molar-refractivity contribution in [2.24, 2.45) is 5.73 Å². The van der Waals surface area contributed by atoms with E-state index in [0.29, 0.717) is 42.0 Å². The second-order valence-corrected chi connectivity index (χ2v) is 10.3. The Bertz CT molecular complexity index is 1500. The summed E-state index contributed by atoms with van der Waals surface area (Å²) in [5.41, 5.74) is 7.10. The number of anilines is 1. The maximum atomic E-state index is 14.5. The molecular formula is C29H31ClF2N6O4. The number of amides is 3. The number of benzene rings is 2. The summed E-state index contributed by atoms with van der Waals surface area (Å²) >= 11 is 6.52. The molecule has 1 aliphatic rings. The van der Waals surface area contributed by atoms with Gasteiger partial charge in [-0.15, -0.1) is 0 Å². The number of halogens is 3. The second kappa shape index (κ2) is 13.6. The Morgan fingerprint density at radius 2 is 1.88 bits per heavy atom. The predicted molar refractivity (Wildman–Crippen MR) is 154 cm³/mol. The van der Waals surface area contributed by atoms with Gasteiger partial charge in [0.1, 0.15) is 40.0 Å². The number of nitrogens with one attached hydrogen (secondary N) is 4. The molecule has 13 heteroatoms. The molecule has 1 aliphatic heterocycles. The number of aromatic nitrogens is 2. The van der Waals surface area contributed by atoms with Crippen LogP contribution in [0.15, 0.2) is 42.5 Å². The van der Waals surface area contributed by atoms with Crippen LogP contribution in [-0.2, 0) is 9.53 Å². The predicted octanol–water partition coefficient (Wildman–Crippen LogP) is 4.83. The molecule has 4 rings (SSSR count). The van der Waals surface area contributed by atoms with Crippen LogP contribution in [0.2, 0.25) is 5.15 Å². The van der Waals surface area contributed by atoms with Crippen molar-refractivity contribution in [3.8, 4) is 11.3 Å². The molecule has 0 radical (unpaired) electrons. The van der Waals surface area contributed by atoms with Crippen LogP contribution in [0.4, 0.5) is 19.3 Å². The molecule has 0 bridgehead atoms. The molecule has 2 aromatic carbocycles. The lowest BCUT2D eigenvalue weighted by Gasteiger charge is -2.26. The van der Waals surface area contributed by atoms with Gasteiger partial charge in [0.25, 0.3) is 5.91 Å². The van der Waals surface area contributed by atoms with Gasteiger partial charge in [-0.25, -0.2) is 18.6 Å². The summed E-state index contributed by atoms with van der Waals surface area (Å²) in [6.07, 6.45) is 3.40. The Morgan fingerprint density at radius 1 is 1.17 bits per heavy atom. The average molecular weight is 601 g/mol.